The van der Waals surface area contributed by atoms with Gasteiger partial charge in [0.15, 0.2) is 0 Å². The maximum absolute atomic E-state index is 11.7. The lowest BCUT2D eigenvalue weighted by molar-refractivity contribution is 0.477. The Hall–Kier alpha value is -2.14. The number of nitrogens with one attached hydrogen (secondary N) is 1. The molecule has 1 heterocycles. The molecule has 0 fully saturated rings. The first-order valence-electron chi connectivity index (χ1n) is 5.21. The molecule has 0 bridgehead atoms. The number of para-hydroxylation sites is 1. The van der Waals surface area contributed by atoms with E-state index in [1.165, 1.54) is 0 Å². The van der Waals surface area contributed by atoms with E-state index in [0.717, 1.165) is 0 Å². The molecule has 2 aromatic rings. The standard InChI is InChI=1S/C12H13N3O2/c1-7-14-11(9(6-13)12(17)15-7)8-4-2-3-5-10(8)16/h2-5,16H,6,13H2,1H3,(H,14,15,17). The molecule has 1 aromatic carbocycles. The van der Waals surface area contributed by atoms with Crippen molar-refractivity contribution in [3.63, 3.8) is 0 Å². The van der Waals surface area contributed by atoms with Gasteiger partial charge in [0.05, 0.1) is 11.3 Å². The van der Waals surface area contributed by atoms with Gasteiger partial charge in [-0.3, -0.25) is 4.79 Å². The largest absolute Gasteiger partial charge is 0.507 e. The minimum Gasteiger partial charge on any atom is -0.507 e. The lowest BCUT2D eigenvalue weighted by Crippen LogP contribution is -2.20. The first-order valence-corrected chi connectivity index (χ1v) is 5.21. The van der Waals surface area contributed by atoms with Crippen LogP contribution >= 0.6 is 0 Å². The average molecular weight is 231 g/mol. The summed E-state index contributed by atoms with van der Waals surface area (Å²) in [5.74, 6) is 0.574. The molecule has 1 aromatic heterocycles. The van der Waals surface area contributed by atoms with Crippen molar-refractivity contribution >= 4 is 0 Å². The number of H-pyrrole nitrogens is 1. The fourth-order valence-electron chi connectivity index (χ4n) is 1.70. The maximum Gasteiger partial charge on any atom is 0.255 e. The SMILES string of the molecule is Cc1nc(-c2ccccc2O)c(CN)c(=O)[nH]1. The number of nitrogens with two attached hydrogens (primary N) is 1. The zero-order valence-corrected chi connectivity index (χ0v) is 9.40. The second kappa shape index (κ2) is 4.39. The molecule has 0 unspecified atom stereocenters. The highest BCUT2D eigenvalue weighted by molar-refractivity contribution is 5.69. The van der Waals surface area contributed by atoms with Crippen LogP contribution in [0.15, 0.2) is 29.1 Å². The van der Waals surface area contributed by atoms with Gasteiger partial charge in [-0.05, 0) is 19.1 Å². The van der Waals surface area contributed by atoms with Crippen LogP contribution in [0.5, 0.6) is 5.75 Å². The smallest absolute Gasteiger partial charge is 0.255 e. The second-order valence-electron chi connectivity index (χ2n) is 3.70. The molecule has 0 spiro atoms. The van der Waals surface area contributed by atoms with Crippen molar-refractivity contribution in [2.45, 2.75) is 13.5 Å². The molecule has 88 valence electrons. The maximum atomic E-state index is 11.7. The Morgan fingerprint density at radius 3 is 2.76 bits per heavy atom. The van der Waals surface area contributed by atoms with Gasteiger partial charge in [-0.1, -0.05) is 12.1 Å². The monoisotopic (exact) mass is 231 g/mol. The molecule has 2 rings (SSSR count). The summed E-state index contributed by atoms with van der Waals surface area (Å²) in [5, 5.41) is 9.77. The van der Waals surface area contributed by atoms with Crippen molar-refractivity contribution in [3.05, 3.63) is 46.0 Å². The van der Waals surface area contributed by atoms with Crippen molar-refractivity contribution in [2.75, 3.05) is 0 Å². The Balaban J connectivity index is 2.75. The third-order valence-corrected chi connectivity index (χ3v) is 2.50. The number of aromatic hydroxyl groups is 1. The molecule has 0 aliphatic rings. The minimum atomic E-state index is -0.266. The summed E-state index contributed by atoms with van der Waals surface area (Å²) >= 11 is 0. The molecule has 0 amide bonds. The number of phenolic OH excluding ortho intramolecular Hbond substituents is 1. The number of aryl methyl sites for hydroxylation is 1. The number of hydrogen-bond donors (Lipinski definition) is 3. The minimum absolute atomic E-state index is 0.0757. The molecular weight excluding hydrogens is 218 g/mol. The summed E-state index contributed by atoms with van der Waals surface area (Å²) in [7, 11) is 0. The molecular formula is C12H13N3O2. The number of hydrogen-bond acceptors (Lipinski definition) is 4. The number of aromatic nitrogens is 2. The Bertz CT molecular complexity index is 605. The van der Waals surface area contributed by atoms with E-state index in [-0.39, 0.29) is 17.9 Å². The third kappa shape index (κ3) is 2.05. The van der Waals surface area contributed by atoms with Crippen LogP contribution < -0.4 is 11.3 Å². The van der Waals surface area contributed by atoms with Crippen LogP contribution in [0.25, 0.3) is 11.3 Å². The highest BCUT2D eigenvalue weighted by Crippen LogP contribution is 2.28. The quantitative estimate of drug-likeness (QED) is 0.716. The van der Waals surface area contributed by atoms with E-state index < -0.39 is 0 Å². The van der Waals surface area contributed by atoms with Gasteiger partial charge in [0.25, 0.3) is 5.56 Å². The molecule has 0 radical (unpaired) electrons. The van der Waals surface area contributed by atoms with E-state index in [9.17, 15) is 9.90 Å². The first-order chi connectivity index (χ1) is 8.13. The molecule has 0 saturated carbocycles. The van der Waals surface area contributed by atoms with Gasteiger partial charge in [0.1, 0.15) is 11.6 Å². The predicted molar refractivity (Wildman–Crippen MR) is 64.6 cm³/mol. The molecule has 0 atom stereocenters. The van der Waals surface area contributed by atoms with E-state index in [0.29, 0.717) is 22.6 Å². The van der Waals surface area contributed by atoms with Gasteiger partial charge in [-0.25, -0.2) is 4.98 Å². The number of nitrogens with zero attached hydrogens (tertiary/aromatic N) is 1. The van der Waals surface area contributed by atoms with E-state index in [1.54, 1.807) is 31.2 Å². The summed E-state index contributed by atoms with van der Waals surface area (Å²) in [6.45, 7) is 1.76. The normalized spacial score (nSPS) is 10.5. The van der Waals surface area contributed by atoms with E-state index in [2.05, 4.69) is 9.97 Å². The summed E-state index contributed by atoms with van der Waals surface area (Å²) in [6.07, 6.45) is 0. The average Bonchev–Trinajstić information content (AvgIpc) is 2.28. The predicted octanol–water partition coefficient (Wildman–Crippen LogP) is 0.910. The van der Waals surface area contributed by atoms with Gasteiger partial charge < -0.3 is 15.8 Å². The topological polar surface area (TPSA) is 92.0 Å². The zero-order valence-electron chi connectivity index (χ0n) is 9.40. The van der Waals surface area contributed by atoms with E-state index in [4.69, 9.17) is 5.73 Å². The Morgan fingerprint density at radius 1 is 1.41 bits per heavy atom. The number of aromatic amines is 1. The van der Waals surface area contributed by atoms with Gasteiger partial charge >= 0.3 is 0 Å². The molecule has 5 heteroatoms. The van der Waals surface area contributed by atoms with Crippen LogP contribution in [0.1, 0.15) is 11.4 Å². The molecule has 0 aliphatic heterocycles. The molecule has 17 heavy (non-hydrogen) atoms. The Labute approximate surface area is 98.0 Å². The number of rotatable bonds is 2. The Morgan fingerprint density at radius 2 is 2.12 bits per heavy atom. The van der Waals surface area contributed by atoms with Crippen molar-refractivity contribution in [1.82, 2.24) is 9.97 Å². The second-order valence-corrected chi connectivity index (χ2v) is 3.70. The van der Waals surface area contributed by atoms with Crippen LogP contribution in [0.4, 0.5) is 0 Å². The zero-order chi connectivity index (χ0) is 12.4. The van der Waals surface area contributed by atoms with Crippen molar-refractivity contribution in [2.24, 2.45) is 5.73 Å². The molecule has 4 N–H and O–H groups in total. The van der Waals surface area contributed by atoms with Gasteiger partial charge in [0, 0.05) is 12.1 Å². The number of benzene rings is 1. The van der Waals surface area contributed by atoms with Gasteiger partial charge in [0.2, 0.25) is 0 Å². The summed E-state index contributed by atoms with van der Waals surface area (Å²) in [4.78, 5) is 18.6. The molecule has 0 saturated heterocycles. The van der Waals surface area contributed by atoms with Crippen LogP contribution in [-0.4, -0.2) is 15.1 Å². The summed E-state index contributed by atoms with van der Waals surface area (Å²) in [5.41, 5.74) is 6.61. The van der Waals surface area contributed by atoms with Gasteiger partial charge in [-0.15, -0.1) is 0 Å². The van der Waals surface area contributed by atoms with Gasteiger partial charge in [-0.2, -0.15) is 0 Å². The first kappa shape index (κ1) is 11.3. The molecule has 0 aliphatic carbocycles. The van der Waals surface area contributed by atoms with Crippen LogP contribution in [0.3, 0.4) is 0 Å². The van der Waals surface area contributed by atoms with Crippen molar-refractivity contribution in [3.8, 4) is 17.0 Å². The highest BCUT2D eigenvalue weighted by atomic mass is 16.3. The summed E-state index contributed by atoms with van der Waals surface area (Å²) < 4.78 is 0. The van der Waals surface area contributed by atoms with Crippen LogP contribution in [-0.2, 0) is 6.54 Å². The van der Waals surface area contributed by atoms with Crippen LogP contribution in [0.2, 0.25) is 0 Å². The van der Waals surface area contributed by atoms with Crippen molar-refractivity contribution < 1.29 is 5.11 Å². The Kier molecular flexibility index (Phi) is 2.93. The lowest BCUT2D eigenvalue weighted by Gasteiger charge is -2.08. The van der Waals surface area contributed by atoms with Crippen LogP contribution in [0, 0.1) is 6.92 Å². The fraction of sp³-hybridized carbons (Fsp3) is 0.167. The fourth-order valence-corrected chi connectivity index (χ4v) is 1.70. The van der Waals surface area contributed by atoms with E-state index in [1.807, 2.05) is 0 Å². The summed E-state index contributed by atoms with van der Waals surface area (Å²) in [6, 6.07) is 6.73. The lowest BCUT2D eigenvalue weighted by atomic mass is 10.1. The third-order valence-electron chi connectivity index (χ3n) is 2.50. The highest BCUT2D eigenvalue weighted by Gasteiger charge is 2.13. The molecule has 5 nitrogen and oxygen atoms in total. The van der Waals surface area contributed by atoms with E-state index >= 15 is 0 Å². The van der Waals surface area contributed by atoms with Crippen molar-refractivity contribution in [1.29, 1.82) is 0 Å². The number of phenols is 1.